The molecule has 0 radical (unpaired) electrons. The summed E-state index contributed by atoms with van der Waals surface area (Å²) in [5, 5.41) is 13.6. The van der Waals surface area contributed by atoms with Crippen LogP contribution < -0.4 is 10.5 Å². The van der Waals surface area contributed by atoms with E-state index in [-0.39, 0.29) is 6.04 Å². The number of nitrogens with two attached hydrogens (primary N) is 1. The first-order chi connectivity index (χ1) is 8.31. The molecule has 0 spiro atoms. The number of nitrogens with one attached hydrogen (secondary N) is 1. The van der Waals surface area contributed by atoms with E-state index < -0.39 is 0 Å². The highest BCUT2D eigenvalue weighted by atomic mass is 16.5. The molecule has 2 rings (SSSR count). The number of hydrogen-bond donors (Lipinski definition) is 2. The zero-order valence-electron chi connectivity index (χ0n) is 9.63. The fourth-order valence-electron chi connectivity index (χ4n) is 1.47. The molecule has 90 valence electrons. The molecule has 0 saturated carbocycles. The van der Waals surface area contributed by atoms with Gasteiger partial charge in [-0.1, -0.05) is 24.3 Å². The highest BCUT2D eigenvalue weighted by Gasteiger charge is 2.13. The maximum absolute atomic E-state index is 6.02. The normalized spacial score (nSPS) is 12.4. The molecule has 1 aromatic heterocycles. The Morgan fingerprint density at radius 1 is 1.47 bits per heavy atom. The standard InChI is InChI=1S/C11H15N5O/c1-2-6-17-9-5-3-4-8(7-9)10(12)11-13-15-16-14-11/h3-5,7,10H,2,6,12H2,1H3,(H,13,14,15,16). The SMILES string of the molecule is CCCOc1cccc(C(N)c2nn[nH]n2)c1. The van der Waals surface area contributed by atoms with Gasteiger partial charge in [-0.15, -0.1) is 10.2 Å². The van der Waals surface area contributed by atoms with Gasteiger partial charge >= 0.3 is 0 Å². The van der Waals surface area contributed by atoms with Crippen molar-refractivity contribution in [3.63, 3.8) is 0 Å². The summed E-state index contributed by atoms with van der Waals surface area (Å²) in [5.74, 6) is 1.28. The molecule has 0 amide bonds. The van der Waals surface area contributed by atoms with Gasteiger partial charge in [0.05, 0.1) is 12.6 Å². The molecule has 1 heterocycles. The first-order valence-corrected chi connectivity index (χ1v) is 5.53. The molecule has 0 fully saturated rings. The molecule has 17 heavy (non-hydrogen) atoms. The topological polar surface area (TPSA) is 89.7 Å². The highest BCUT2D eigenvalue weighted by Crippen LogP contribution is 2.20. The van der Waals surface area contributed by atoms with Crippen LogP contribution in [0.3, 0.4) is 0 Å². The van der Waals surface area contributed by atoms with Crippen molar-refractivity contribution >= 4 is 0 Å². The van der Waals surface area contributed by atoms with Crippen LogP contribution in [0.5, 0.6) is 5.75 Å². The molecular formula is C11H15N5O. The lowest BCUT2D eigenvalue weighted by atomic mass is 10.1. The first kappa shape index (κ1) is 11.5. The van der Waals surface area contributed by atoms with Gasteiger partial charge in [-0.3, -0.25) is 0 Å². The van der Waals surface area contributed by atoms with E-state index in [1.165, 1.54) is 0 Å². The number of benzene rings is 1. The van der Waals surface area contributed by atoms with Crippen LogP contribution >= 0.6 is 0 Å². The monoisotopic (exact) mass is 233 g/mol. The Bertz CT molecular complexity index is 457. The van der Waals surface area contributed by atoms with Gasteiger partial charge in [0.15, 0.2) is 5.82 Å². The summed E-state index contributed by atoms with van der Waals surface area (Å²) >= 11 is 0. The van der Waals surface area contributed by atoms with Crippen LogP contribution in [0.15, 0.2) is 24.3 Å². The third-order valence-corrected chi connectivity index (χ3v) is 2.33. The number of aromatic nitrogens is 4. The van der Waals surface area contributed by atoms with E-state index in [2.05, 4.69) is 27.5 Å². The lowest BCUT2D eigenvalue weighted by molar-refractivity contribution is 0.317. The summed E-state index contributed by atoms with van der Waals surface area (Å²) in [5.41, 5.74) is 6.92. The zero-order chi connectivity index (χ0) is 12.1. The van der Waals surface area contributed by atoms with Crippen molar-refractivity contribution in [2.75, 3.05) is 6.61 Å². The van der Waals surface area contributed by atoms with E-state index >= 15 is 0 Å². The summed E-state index contributed by atoms with van der Waals surface area (Å²) in [6.07, 6.45) is 0.973. The highest BCUT2D eigenvalue weighted by molar-refractivity contribution is 5.32. The van der Waals surface area contributed by atoms with Gasteiger partial charge in [0.25, 0.3) is 0 Å². The van der Waals surface area contributed by atoms with E-state index in [1.54, 1.807) is 0 Å². The molecule has 6 nitrogen and oxygen atoms in total. The summed E-state index contributed by atoms with van der Waals surface area (Å²) in [4.78, 5) is 0. The zero-order valence-corrected chi connectivity index (χ0v) is 9.63. The molecule has 0 saturated heterocycles. The van der Waals surface area contributed by atoms with Crippen LogP contribution in [-0.2, 0) is 0 Å². The van der Waals surface area contributed by atoms with Crippen LogP contribution in [-0.4, -0.2) is 27.2 Å². The van der Waals surface area contributed by atoms with Crippen LogP contribution in [0.25, 0.3) is 0 Å². The second-order valence-corrected chi connectivity index (χ2v) is 3.67. The Morgan fingerprint density at radius 2 is 2.35 bits per heavy atom. The maximum atomic E-state index is 6.02. The number of aromatic amines is 1. The van der Waals surface area contributed by atoms with Crippen molar-refractivity contribution in [1.82, 2.24) is 20.6 Å². The Morgan fingerprint density at radius 3 is 3.06 bits per heavy atom. The molecule has 1 atom stereocenters. The van der Waals surface area contributed by atoms with Crippen molar-refractivity contribution in [2.45, 2.75) is 19.4 Å². The molecule has 6 heteroatoms. The van der Waals surface area contributed by atoms with E-state index in [0.717, 1.165) is 17.7 Å². The number of nitrogens with zero attached hydrogens (tertiary/aromatic N) is 3. The van der Waals surface area contributed by atoms with E-state index in [1.807, 2.05) is 24.3 Å². The molecule has 2 aromatic rings. The average Bonchev–Trinajstić information content (AvgIpc) is 2.89. The largest absolute Gasteiger partial charge is 0.494 e. The molecular weight excluding hydrogens is 218 g/mol. The fraction of sp³-hybridized carbons (Fsp3) is 0.364. The van der Waals surface area contributed by atoms with Crippen molar-refractivity contribution in [3.8, 4) is 5.75 Å². The second-order valence-electron chi connectivity index (χ2n) is 3.67. The van der Waals surface area contributed by atoms with Gasteiger partial charge in [0.2, 0.25) is 0 Å². The van der Waals surface area contributed by atoms with E-state index in [4.69, 9.17) is 10.5 Å². The van der Waals surface area contributed by atoms with Crippen molar-refractivity contribution in [2.24, 2.45) is 5.73 Å². The van der Waals surface area contributed by atoms with E-state index in [0.29, 0.717) is 12.4 Å². The van der Waals surface area contributed by atoms with Gasteiger partial charge < -0.3 is 10.5 Å². The van der Waals surface area contributed by atoms with Crippen molar-refractivity contribution in [3.05, 3.63) is 35.7 Å². The summed E-state index contributed by atoms with van der Waals surface area (Å²) in [7, 11) is 0. The summed E-state index contributed by atoms with van der Waals surface area (Å²) in [6, 6.07) is 7.23. The molecule has 0 aliphatic carbocycles. The minimum atomic E-state index is -0.390. The van der Waals surface area contributed by atoms with Gasteiger partial charge in [-0.25, -0.2) is 0 Å². The van der Waals surface area contributed by atoms with Gasteiger partial charge in [0, 0.05) is 0 Å². The Labute approximate surface area is 99.2 Å². The third kappa shape index (κ3) is 2.79. The molecule has 0 aliphatic rings. The number of ether oxygens (including phenoxy) is 1. The molecule has 1 unspecified atom stereocenters. The van der Waals surface area contributed by atoms with Crippen molar-refractivity contribution < 1.29 is 4.74 Å². The predicted octanol–water partition coefficient (Wildman–Crippen LogP) is 1.04. The number of hydrogen-bond acceptors (Lipinski definition) is 5. The lowest BCUT2D eigenvalue weighted by Crippen LogP contribution is -2.13. The third-order valence-electron chi connectivity index (χ3n) is 2.33. The second kappa shape index (κ2) is 5.40. The minimum Gasteiger partial charge on any atom is -0.494 e. The number of tetrazole rings is 1. The minimum absolute atomic E-state index is 0.390. The summed E-state index contributed by atoms with van der Waals surface area (Å²) < 4.78 is 5.54. The quantitative estimate of drug-likeness (QED) is 0.805. The van der Waals surface area contributed by atoms with Crippen molar-refractivity contribution in [1.29, 1.82) is 0 Å². The van der Waals surface area contributed by atoms with E-state index in [9.17, 15) is 0 Å². The average molecular weight is 233 g/mol. The lowest BCUT2D eigenvalue weighted by Gasteiger charge is -2.10. The predicted molar refractivity (Wildman–Crippen MR) is 62.4 cm³/mol. The number of rotatable bonds is 5. The first-order valence-electron chi connectivity index (χ1n) is 5.53. The number of H-pyrrole nitrogens is 1. The Hall–Kier alpha value is -1.95. The van der Waals surface area contributed by atoms with Crippen LogP contribution in [0, 0.1) is 0 Å². The Balaban J connectivity index is 2.15. The molecule has 0 bridgehead atoms. The molecule has 1 aromatic carbocycles. The van der Waals surface area contributed by atoms with Crippen LogP contribution in [0.1, 0.15) is 30.8 Å². The smallest absolute Gasteiger partial charge is 0.195 e. The van der Waals surface area contributed by atoms with Gasteiger partial charge in [-0.05, 0) is 24.1 Å². The Kier molecular flexibility index (Phi) is 3.66. The fourth-order valence-corrected chi connectivity index (χ4v) is 1.47. The molecule has 3 N–H and O–H groups in total. The van der Waals surface area contributed by atoms with Crippen LogP contribution in [0.4, 0.5) is 0 Å². The van der Waals surface area contributed by atoms with Gasteiger partial charge in [0.1, 0.15) is 5.75 Å². The maximum Gasteiger partial charge on any atom is 0.195 e. The van der Waals surface area contributed by atoms with Crippen LogP contribution in [0.2, 0.25) is 0 Å². The van der Waals surface area contributed by atoms with Gasteiger partial charge in [-0.2, -0.15) is 5.21 Å². The molecule has 0 aliphatic heterocycles. The summed E-state index contributed by atoms with van der Waals surface area (Å²) in [6.45, 7) is 2.76.